The Morgan fingerprint density at radius 3 is 2.85 bits per heavy atom. The Morgan fingerprint density at radius 1 is 1.18 bits per heavy atom. The second kappa shape index (κ2) is 10.2. The predicted molar refractivity (Wildman–Crippen MR) is 153 cm³/mol. The molecular weight excluding hydrogens is 512 g/mol. The molecule has 2 aliphatic heterocycles. The van der Waals surface area contributed by atoms with Crippen LogP contribution in [0, 0.1) is 0 Å². The molecule has 2 aliphatic rings. The summed E-state index contributed by atoms with van der Waals surface area (Å²) in [5.74, 6) is 1.15. The summed E-state index contributed by atoms with van der Waals surface area (Å²) < 4.78 is 5.88. The van der Waals surface area contributed by atoms with Crippen molar-refractivity contribution in [1.29, 1.82) is 0 Å². The summed E-state index contributed by atoms with van der Waals surface area (Å²) in [5, 5.41) is 6.77. The lowest BCUT2D eigenvalue weighted by molar-refractivity contribution is 0.0920. The van der Waals surface area contributed by atoms with Gasteiger partial charge >= 0.3 is 6.03 Å². The highest BCUT2D eigenvalue weighted by molar-refractivity contribution is 7.21. The SMILES string of the molecule is C=CC(=C)N1CCC[C@@H](NC(=O)c2sc3nccc4c3c2NC(=O)N4c2cccc(Oc3ccccc3)n2)C1. The van der Waals surface area contributed by atoms with Crippen molar-refractivity contribution in [2.24, 2.45) is 0 Å². The lowest BCUT2D eigenvalue weighted by atomic mass is 10.0. The van der Waals surface area contributed by atoms with Crippen LogP contribution in [0.5, 0.6) is 11.6 Å². The van der Waals surface area contributed by atoms with Crippen molar-refractivity contribution in [3.8, 4) is 11.6 Å². The number of nitrogens with one attached hydrogen (secondary N) is 2. The summed E-state index contributed by atoms with van der Waals surface area (Å²) in [6.45, 7) is 9.38. The number of hydrogen-bond acceptors (Lipinski definition) is 7. The molecule has 10 heteroatoms. The number of rotatable bonds is 7. The van der Waals surface area contributed by atoms with Gasteiger partial charge in [0.1, 0.15) is 21.3 Å². The maximum Gasteiger partial charge on any atom is 0.332 e. The minimum Gasteiger partial charge on any atom is -0.439 e. The van der Waals surface area contributed by atoms with Gasteiger partial charge < -0.3 is 20.3 Å². The van der Waals surface area contributed by atoms with E-state index in [-0.39, 0.29) is 11.9 Å². The van der Waals surface area contributed by atoms with Gasteiger partial charge in [-0.2, -0.15) is 4.98 Å². The Morgan fingerprint density at radius 2 is 2.03 bits per heavy atom. The molecule has 0 radical (unpaired) electrons. The van der Waals surface area contributed by atoms with Gasteiger partial charge in [-0.1, -0.05) is 37.4 Å². The van der Waals surface area contributed by atoms with Gasteiger partial charge in [-0.25, -0.2) is 14.7 Å². The summed E-state index contributed by atoms with van der Waals surface area (Å²) in [7, 11) is 0. The topological polar surface area (TPSA) is 99.7 Å². The van der Waals surface area contributed by atoms with Crippen molar-refractivity contribution in [1.82, 2.24) is 20.2 Å². The van der Waals surface area contributed by atoms with Gasteiger partial charge in [-0.05, 0) is 43.2 Å². The zero-order chi connectivity index (χ0) is 26.9. The van der Waals surface area contributed by atoms with E-state index in [9.17, 15) is 9.59 Å². The molecule has 1 atom stereocenters. The number of amides is 3. The monoisotopic (exact) mass is 538 g/mol. The maximum atomic E-state index is 13.4. The zero-order valence-electron chi connectivity index (χ0n) is 21.1. The van der Waals surface area contributed by atoms with Gasteiger partial charge in [0.15, 0.2) is 0 Å². The van der Waals surface area contributed by atoms with Crippen LogP contribution in [-0.4, -0.2) is 45.9 Å². The van der Waals surface area contributed by atoms with E-state index in [0.717, 1.165) is 25.1 Å². The molecule has 6 rings (SSSR count). The smallest absolute Gasteiger partial charge is 0.332 e. The number of carbonyl (C=O) groups is 2. The van der Waals surface area contributed by atoms with E-state index in [4.69, 9.17) is 4.74 Å². The standard InChI is InChI=1S/C29H26N6O3S/c1-3-18(2)34-16-8-9-19(17-34)31-27(36)26-25-24-21(14-15-30-28(24)39-26)35(29(37)33-25)22-12-7-13-23(32-22)38-20-10-5-4-6-11-20/h3-7,10-15,19H,1-2,8-9,16-17H2,(H,31,36)(H,33,37)/t19-/m1/s1. The van der Waals surface area contributed by atoms with Crippen molar-refractivity contribution in [3.05, 3.63) is 90.6 Å². The van der Waals surface area contributed by atoms with Crippen molar-refractivity contribution < 1.29 is 14.3 Å². The highest BCUT2D eigenvalue weighted by Gasteiger charge is 2.34. The van der Waals surface area contributed by atoms with Crippen LogP contribution >= 0.6 is 11.3 Å². The number of pyridine rings is 2. The first-order chi connectivity index (χ1) is 19.0. The summed E-state index contributed by atoms with van der Waals surface area (Å²) in [5.41, 5.74) is 1.92. The molecule has 9 nitrogen and oxygen atoms in total. The molecule has 3 aromatic heterocycles. The van der Waals surface area contributed by atoms with E-state index < -0.39 is 6.03 Å². The van der Waals surface area contributed by atoms with Gasteiger partial charge in [0, 0.05) is 37.1 Å². The maximum absolute atomic E-state index is 13.4. The molecule has 0 unspecified atom stereocenters. The molecule has 39 heavy (non-hydrogen) atoms. The first-order valence-corrected chi connectivity index (χ1v) is 13.4. The number of nitrogens with zero attached hydrogens (tertiary/aromatic N) is 4. The quantitative estimate of drug-likeness (QED) is 0.278. The number of anilines is 3. The van der Waals surface area contributed by atoms with Gasteiger partial charge in [0.2, 0.25) is 5.88 Å². The fraction of sp³-hybridized carbons (Fsp3) is 0.172. The minimum atomic E-state index is -0.419. The number of urea groups is 1. The Hall–Kier alpha value is -4.70. The minimum absolute atomic E-state index is 0.0415. The number of piperidine rings is 1. The molecule has 0 saturated carbocycles. The number of para-hydroxylation sites is 1. The van der Waals surface area contributed by atoms with Crippen LogP contribution in [-0.2, 0) is 0 Å². The van der Waals surface area contributed by atoms with Crippen LogP contribution in [0.4, 0.5) is 22.0 Å². The highest BCUT2D eigenvalue weighted by Crippen LogP contribution is 2.45. The van der Waals surface area contributed by atoms with Crippen LogP contribution < -0.4 is 20.3 Å². The fourth-order valence-electron chi connectivity index (χ4n) is 4.90. The number of allylic oxidation sites excluding steroid dienone is 1. The molecule has 1 saturated heterocycles. The number of ether oxygens (including phenoxy) is 1. The van der Waals surface area contributed by atoms with E-state index in [2.05, 4.69) is 38.7 Å². The van der Waals surface area contributed by atoms with Gasteiger partial charge in [0.05, 0.1) is 16.8 Å². The third-order valence-corrected chi connectivity index (χ3v) is 7.85. The van der Waals surface area contributed by atoms with Crippen LogP contribution in [0.2, 0.25) is 0 Å². The van der Waals surface area contributed by atoms with Crippen LogP contribution in [0.3, 0.4) is 0 Å². The van der Waals surface area contributed by atoms with E-state index in [1.54, 1.807) is 36.5 Å². The van der Waals surface area contributed by atoms with E-state index in [0.29, 0.717) is 50.5 Å². The molecule has 2 N–H and O–H groups in total. The van der Waals surface area contributed by atoms with Gasteiger partial charge in [-0.3, -0.25) is 4.79 Å². The average Bonchev–Trinajstić information content (AvgIpc) is 3.33. The van der Waals surface area contributed by atoms with Crippen LogP contribution in [0.1, 0.15) is 22.5 Å². The summed E-state index contributed by atoms with van der Waals surface area (Å²) in [4.78, 5) is 40.6. The molecule has 0 spiro atoms. The van der Waals surface area contributed by atoms with Crippen molar-refractivity contribution in [2.75, 3.05) is 23.3 Å². The normalized spacial score (nSPS) is 16.5. The van der Waals surface area contributed by atoms with E-state index in [1.807, 2.05) is 30.3 Å². The average molecular weight is 539 g/mol. The second-order valence-electron chi connectivity index (χ2n) is 9.29. The molecule has 0 bridgehead atoms. The molecule has 5 heterocycles. The first-order valence-electron chi connectivity index (χ1n) is 12.6. The number of benzene rings is 1. The molecule has 4 aromatic rings. The van der Waals surface area contributed by atoms with E-state index >= 15 is 0 Å². The number of carbonyl (C=O) groups excluding carboxylic acids is 2. The number of thiophene rings is 1. The first kappa shape index (κ1) is 24.6. The van der Waals surface area contributed by atoms with Gasteiger partial charge in [0.25, 0.3) is 5.91 Å². The molecular formula is C29H26N6O3S. The fourth-order valence-corrected chi connectivity index (χ4v) is 5.92. The second-order valence-corrected chi connectivity index (χ2v) is 10.3. The van der Waals surface area contributed by atoms with Gasteiger partial charge in [-0.15, -0.1) is 11.3 Å². The molecule has 196 valence electrons. The Bertz CT molecular complexity index is 1600. The lowest BCUT2D eigenvalue weighted by Gasteiger charge is -2.35. The number of likely N-dealkylation sites (tertiary alicyclic amines) is 1. The summed E-state index contributed by atoms with van der Waals surface area (Å²) in [6, 6.07) is 15.9. The summed E-state index contributed by atoms with van der Waals surface area (Å²) >= 11 is 1.26. The number of aromatic nitrogens is 2. The lowest BCUT2D eigenvalue weighted by Crippen LogP contribution is -2.47. The third kappa shape index (κ3) is 4.70. The van der Waals surface area contributed by atoms with Crippen molar-refractivity contribution in [2.45, 2.75) is 18.9 Å². The molecule has 3 amide bonds. The van der Waals surface area contributed by atoms with Crippen LogP contribution in [0.25, 0.3) is 10.2 Å². The van der Waals surface area contributed by atoms with Crippen LogP contribution in [0.15, 0.2) is 85.7 Å². The van der Waals surface area contributed by atoms with Crippen molar-refractivity contribution >= 4 is 50.7 Å². The van der Waals surface area contributed by atoms with Crippen molar-refractivity contribution in [3.63, 3.8) is 0 Å². The largest absolute Gasteiger partial charge is 0.439 e. The summed E-state index contributed by atoms with van der Waals surface area (Å²) in [6.07, 6.45) is 5.17. The molecule has 1 aromatic carbocycles. The Labute approximate surface area is 229 Å². The Kier molecular flexibility index (Phi) is 6.45. The molecule has 0 aliphatic carbocycles. The predicted octanol–water partition coefficient (Wildman–Crippen LogP) is 6.06. The Balaban J connectivity index is 1.30. The third-order valence-electron chi connectivity index (χ3n) is 6.75. The molecule has 1 fully saturated rings. The zero-order valence-corrected chi connectivity index (χ0v) is 21.9. The number of hydrogen-bond donors (Lipinski definition) is 2. The highest BCUT2D eigenvalue weighted by atomic mass is 32.1. The van der Waals surface area contributed by atoms with E-state index in [1.165, 1.54) is 16.2 Å².